The fraction of sp³-hybridized carbons (Fsp3) is 0.467. The number of ether oxygens (including phenoxy) is 1. The highest BCUT2D eigenvalue weighted by molar-refractivity contribution is 7.90. The van der Waals surface area contributed by atoms with Gasteiger partial charge in [-0.3, -0.25) is 9.69 Å². The second-order valence-electron chi connectivity index (χ2n) is 11.4. The molecule has 3 aromatic rings. The number of anilines is 1. The number of hydrogen-bond donors (Lipinski definition) is 2. The number of piperidine rings is 1. The van der Waals surface area contributed by atoms with Gasteiger partial charge in [0.1, 0.15) is 17.8 Å². The number of amides is 1. The number of imidazole rings is 1. The molecule has 1 aromatic heterocycles. The molecule has 0 saturated carbocycles. The summed E-state index contributed by atoms with van der Waals surface area (Å²) in [5.74, 6) is 1.09. The standard InChI is InChI=1S/C30H34F5N5O4S/c1-18(2)39-14-19(3)27(29(31,32)15-39)38-28(41)22-11-20(12-24-26(22)37-17-40(24)16-30(33,34)35)7-6-10-36-23-9-8-21(45(5,42)43)13-25(23)44-4/h8-9,11-13,17-19,27,36H,10,14-16H2,1-5H3,(H,38,41)/t19-,27+/m0/s1. The molecule has 0 spiro atoms. The molecule has 1 aliphatic heterocycles. The summed E-state index contributed by atoms with van der Waals surface area (Å²) in [7, 11) is -2.10. The fourth-order valence-electron chi connectivity index (χ4n) is 5.25. The molecule has 1 amide bonds. The Balaban J connectivity index is 1.64. The number of methoxy groups -OCH3 is 1. The number of alkyl halides is 5. The number of sulfone groups is 1. The quantitative estimate of drug-likeness (QED) is 0.271. The van der Waals surface area contributed by atoms with Crippen LogP contribution < -0.4 is 15.4 Å². The first kappa shape index (κ1) is 34.0. The molecule has 244 valence electrons. The van der Waals surface area contributed by atoms with E-state index in [1.165, 1.54) is 37.4 Å². The highest BCUT2D eigenvalue weighted by Crippen LogP contribution is 2.33. The Bertz CT molecular complexity index is 1740. The average Bonchev–Trinajstić information content (AvgIpc) is 3.32. The van der Waals surface area contributed by atoms with Gasteiger partial charge in [0.2, 0.25) is 0 Å². The largest absolute Gasteiger partial charge is 0.495 e. The zero-order valence-electron chi connectivity index (χ0n) is 25.3. The maximum Gasteiger partial charge on any atom is 0.406 e. The van der Waals surface area contributed by atoms with Gasteiger partial charge in [-0.2, -0.15) is 13.2 Å². The van der Waals surface area contributed by atoms with E-state index in [0.29, 0.717) is 12.2 Å². The van der Waals surface area contributed by atoms with Gasteiger partial charge in [-0.1, -0.05) is 18.8 Å². The minimum atomic E-state index is -4.59. The van der Waals surface area contributed by atoms with Crippen molar-refractivity contribution in [3.05, 3.63) is 47.8 Å². The van der Waals surface area contributed by atoms with E-state index < -0.39 is 52.9 Å². The van der Waals surface area contributed by atoms with Crippen molar-refractivity contribution in [2.75, 3.05) is 38.3 Å². The van der Waals surface area contributed by atoms with Gasteiger partial charge in [-0.05, 0) is 44.0 Å². The number of fused-ring (bicyclic) bond motifs is 1. The third-order valence-corrected chi connectivity index (χ3v) is 8.61. The van der Waals surface area contributed by atoms with Crippen LogP contribution in [0.15, 0.2) is 41.6 Å². The summed E-state index contributed by atoms with van der Waals surface area (Å²) in [6.07, 6.45) is -2.58. The van der Waals surface area contributed by atoms with Crippen molar-refractivity contribution in [2.24, 2.45) is 5.92 Å². The van der Waals surface area contributed by atoms with Crippen LogP contribution >= 0.6 is 0 Å². The van der Waals surface area contributed by atoms with Gasteiger partial charge in [0.15, 0.2) is 9.84 Å². The highest BCUT2D eigenvalue weighted by Gasteiger charge is 2.49. The number of halogens is 5. The Hall–Kier alpha value is -3.90. The minimum Gasteiger partial charge on any atom is -0.495 e. The zero-order chi connectivity index (χ0) is 33.3. The monoisotopic (exact) mass is 655 g/mol. The first-order chi connectivity index (χ1) is 20.9. The normalized spacial score (nSPS) is 18.8. The van der Waals surface area contributed by atoms with Crippen molar-refractivity contribution in [1.29, 1.82) is 0 Å². The second kappa shape index (κ2) is 12.8. The lowest BCUT2D eigenvalue weighted by molar-refractivity contribution is -0.140. The lowest BCUT2D eigenvalue weighted by atomic mass is 9.89. The molecule has 2 N–H and O–H groups in total. The van der Waals surface area contributed by atoms with Crippen molar-refractivity contribution in [3.8, 4) is 17.6 Å². The number of aromatic nitrogens is 2. The lowest BCUT2D eigenvalue weighted by Crippen LogP contribution is -2.63. The fourth-order valence-corrected chi connectivity index (χ4v) is 5.88. The van der Waals surface area contributed by atoms with E-state index in [4.69, 9.17) is 4.74 Å². The summed E-state index contributed by atoms with van der Waals surface area (Å²) >= 11 is 0. The van der Waals surface area contributed by atoms with Crippen LogP contribution in [0.25, 0.3) is 11.0 Å². The molecule has 1 aliphatic rings. The maximum atomic E-state index is 15.2. The van der Waals surface area contributed by atoms with Gasteiger partial charge in [0, 0.05) is 30.5 Å². The van der Waals surface area contributed by atoms with Gasteiger partial charge < -0.3 is 19.9 Å². The van der Waals surface area contributed by atoms with Crippen LogP contribution in [0.1, 0.15) is 36.7 Å². The van der Waals surface area contributed by atoms with Crippen LogP contribution in [0.4, 0.5) is 27.6 Å². The van der Waals surface area contributed by atoms with Crippen LogP contribution in [-0.2, 0) is 16.4 Å². The molecule has 45 heavy (non-hydrogen) atoms. The van der Waals surface area contributed by atoms with Gasteiger partial charge >= 0.3 is 6.18 Å². The van der Waals surface area contributed by atoms with Crippen molar-refractivity contribution in [1.82, 2.24) is 19.8 Å². The Morgan fingerprint density at radius 1 is 1.22 bits per heavy atom. The van der Waals surface area contributed by atoms with Crippen molar-refractivity contribution in [3.63, 3.8) is 0 Å². The van der Waals surface area contributed by atoms with E-state index >= 15 is 8.78 Å². The molecule has 0 unspecified atom stereocenters. The molecule has 4 rings (SSSR count). The van der Waals surface area contributed by atoms with Crippen LogP contribution in [0.3, 0.4) is 0 Å². The summed E-state index contributed by atoms with van der Waals surface area (Å²) in [5, 5.41) is 5.40. The summed E-state index contributed by atoms with van der Waals surface area (Å²) < 4.78 is 100. The number of hydrogen-bond acceptors (Lipinski definition) is 7. The van der Waals surface area contributed by atoms with E-state index in [-0.39, 0.29) is 45.4 Å². The summed E-state index contributed by atoms with van der Waals surface area (Å²) in [5.41, 5.74) is 0.304. The van der Waals surface area contributed by atoms with Crippen LogP contribution in [0, 0.1) is 17.8 Å². The van der Waals surface area contributed by atoms with Gasteiger partial charge in [0.25, 0.3) is 11.8 Å². The zero-order valence-corrected chi connectivity index (χ0v) is 26.1. The molecule has 1 saturated heterocycles. The molecule has 9 nitrogen and oxygen atoms in total. The predicted octanol–water partition coefficient (Wildman–Crippen LogP) is 4.57. The van der Waals surface area contributed by atoms with Crippen molar-refractivity contribution in [2.45, 2.75) is 56.4 Å². The SMILES string of the molecule is COc1cc(S(C)(=O)=O)ccc1NCC#Cc1cc(C(=O)N[C@@H]2[C@@H](C)CN(C(C)C)CC2(F)F)c2ncn(CC(F)(F)F)c2c1. The van der Waals surface area contributed by atoms with Gasteiger partial charge in [-0.25, -0.2) is 22.2 Å². The van der Waals surface area contributed by atoms with E-state index in [1.807, 2.05) is 13.8 Å². The lowest BCUT2D eigenvalue weighted by Gasteiger charge is -2.44. The summed E-state index contributed by atoms with van der Waals surface area (Å²) in [6.45, 7) is 3.64. The van der Waals surface area contributed by atoms with Gasteiger partial charge in [-0.15, -0.1) is 0 Å². The summed E-state index contributed by atoms with van der Waals surface area (Å²) in [6, 6.07) is 5.28. The van der Waals surface area contributed by atoms with Crippen LogP contribution in [0.5, 0.6) is 5.75 Å². The molecule has 2 heterocycles. The molecule has 2 atom stereocenters. The molecule has 2 aromatic carbocycles. The Morgan fingerprint density at radius 2 is 1.93 bits per heavy atom. The summed E-state index contributed by atoms with van der Waals surface area (Å²) in [4.78, 5) is 19.2. The smallest absolute Gasteiger partial charge is 0.406 e. The molecular formula is C30H34F5N5O4S. The topological polar surface area (TPSA) is 106 Å². The van der Waals surface area contributed by atoms with E-state index in [9.17, 15) is 26.4 Å². The first-order valence-corrected chi connectivity index (χ1v) is 15.9. The Morgan fingerprint density at radius 3 is 2.53 bits per heavy atom. The van der Waals surface area contributed by atoms with Crippen molar-refractivity contribution >= 4 is 32.5 Å². The number of nitrogens with zero attached hydrogens (tertiary/aromatic N) is 3. The Kier molecular flexibility index (Phi) is 9.70. The number of benzene rings is 2. The first-order valence-electron chi connectivity index (χ1n) is 14.0. The van der Waals surface area contributed by atoms with Crippen molar-refractivity contribution < 1.29 is 39.9 Å². The highest BCUT2D eigenvalue weighted by atomic mass is 32.2. The molecule has 15 heteroatoms. The number of carbonyl (C=O) groups is 1. The number of likely N-dealkylation sites (tertiary alicyclic amines) is 1. The van der Waals surface area contributed by atoms with E-state index in [1.54, 1.807) is 11.8 Å². The second-order valence-corrected chi connectivity index (χ2v) is 13.4. The maximum absolute atomic E-state index is 15.2. The average molecular weight is 656 g/mol. The third kappa shape index (κ3) is 8.04. The van der Waals surface area contributed by atoms with Crippen LogP contribution in [-0.4, -0.2) is 86.0 Å². The minimum absolute atomic E-state index is 0.00806. The Labute approximate surface area is 258 Å². The third-order valence-electron chi connectivity index (χ3n) is 7.50. The van der Waals surface area contributed by atoms with Crippen LogP contribution in [0.2, 0.25) is 0 Å². The molecule has 0 aliphatic carbocycles. The molecular weight excluding hydrogens is 621 g/mol. The predicted molar refractivity (Wildman–Crippen MR) is 159 cm³/mol. The number of carbonyl (C=O) groups excluding carboxylic acids is 1. The van der Waals surface area contributed by atoms with E-state index in [2.05, 4.69) is 27.5 Å². The molecule has 0 bridgehead atoms. The number of nitrogens with one attached hydrogen (secondary N) is 2. The van der Waals surface area contributed by atoms with E-state index in [0.717, 1.165) is 17.2 Å². The number of rotatable bonds is 8. The molecule has 1 fully saturated rings. The molecule has 0 radical (unpaired) electrons. The van der Waals surface area contributed by atoms with Gasteiger partial charge in [0.05, 0.1) is 54.2 Å².